The van der Waals surface area contributed by atoms with Gasteiger partial charge in [-0.1, -0.05) is 20.8 Å². The summed E-state index contributed by atoms with van der Waals surface area (Å²) in [6.45, 7) is 11.7. The van der Waals surface area contributed by atoms with Gasteiger partial charge in [0.2, 0.25) is 0 Å². The minimum atomic E-state index is 0.743. The number of aromatic nitrogens is 1. The molecule has 1 N–H and O–H groups in total. The van der Waals surface area contributed by atoms with Crippen LogP contribution in [0, 0.1) is 12.8 Å². The predicted octanol–water partition coefficient (Wildman–Crippen LogP) is 2.98. The van der Waals surface area contributed by atoms with Gasteiger partial charge in [0.15, 0.2) is 0 Å². The summed E-state index contributed by atoms with van der Waals surface area (Å²) in [6, 6.07) is 2.19. The molecule has 18 heavy (non-hydrogen) atoms. The molecule has 3 heteroatoms. The molecule has 3 nitrogen and oxygen atoms in total. The average molecular weight is 249 g/mol. The molecule has 0 atom stereocenters. The lowest BCUT2D eigenvalue weighted by molar-refractivity contribution is 0.584. The molecule has 0 amide bonds. The van der Waals surface area contributed by atoms with Gasteiger partial charge in [0, 0.05) is 43.3 Å². The predicted molar refractivity (Wildman–Crippen MR) is 79.1 cm³/mol. The molecule has 0 fully saturated rings. The van der Waals surface area contributed by atoms with Crippen molar-refractivity contribution < 1.29 is 0 Å². The van der Waals surface area contributed by atoms with Crippen molar-refractivity contribution in [2.45, 2.75) is 40.7 Å². The maximum absolute atomic E-state index is 4.40. The summed E-state index contributed by atoms with van der Waals surface area (Å²) in [5, 5.41) is 3.38. The van der Waals surface area contributed by atoms with E-state index in [9.17, 15) is 0 Å². The van der Waals surface area contributed by atoms with Gasteiger partial charge in [0.1, 0.15) is 0 Å². The van der Waals surface area contributed by atoms with Gasteiger partial charge in [-0.3, -0.25) is 4.98 Å². The highest BCUT2D eigenvalue weighted by molar-refractivity contribution is 5.53. The zero-order chi connectivity index (χ0) is 13.5. The van der Waals surface area contributed by atoms with Gasteiger partial charge in [-0.25, -0.2) is 0 Å². The van der Waals surface area contributed by atoms with Crippen LogP contribution >= 0.6 is 0 Å². The quantitative estimate of drug-likeness (QED) is 0.805. The Morgan fingerprint density at radius 3 is 2.72 bits per heavy atom. The zero-order valence-corrected chi connectivity index (χ0v) is 12.5. The van der Waals surface area contributed by atoms with Gasteiger partial charge >= 0.3 is 0 Å². The van der Waals surface area contributed by atoms with E-state index in [0.717, 1.165) is 31.2 Å². The molecule has 0 unspecified atom stereocenters. The fraction of sp³-hybridized carbons (Fsp3) is 0.667. The van der Waals surface area contributed by atoms with Gasteiger partial charge in [-0.2, -0.15) is 0 Å². The molecule has 0 saturated heterocycles. The van der Waals surface area contributed by atoms with E-state index in [1.54, 1.807) is 0 Å². The van der Waals surface area contributed by atoms with Crippen LogP contribution in [0.3, 0.4) is 0 Å². The Kier molecular flexibility index (Phi) is 6.13. The van der Waals surface area contributed by atoms with E-state index >= 15 is 0 Å². The van der Waals surface area contributed by atoms with Crippen molar-refractivity contribution in [2.24, 2.45) is 5.92 Å². The number of aryl methyl sites for hydroxylation is 1. The number of anilines is 1. The molecule has 0 bridgehead atoms. The maximum atomic E-state index is 4.40. The van der Waals surface area contributed by atoms with Crippen LogP contribution in [0.2, 0.25) is 0 Å². The summed E-state index contributed by atoms with van der Waals surface area (Å²) in [4.78, 5) is 6.75. The summed E-state index contributed by atoms with van der Waals surface area (Å²) >= 11 is 0. The van der Waals surface area contributed by atoms with Gasteiger partial charge in [-0.05, 0) is 31.9 Å². The SMILES string of the molecule is CCNCc1cnc(C)cc1N(C)CCC(C)C. The molecule has 1 heterocycles. The van der Waals surface area contributed by atoms with Gasteiger partial charge in [-0.15, -0.1) is 0 Å². The highest BCUT2D eigenvalue weighted by Crippen LogP contribution is 2.20. The second-order valence-electron chi connectivity index (χ2n) is 5.34. The Balaban J connectivity index is 2.79. The molecule has 0 aliphatic carbocycles. The lowest BCUT2D eigenvalue weighted by atomic mass is 10.1. The smallest absolute Gasteiger partial charge is 0.0442 e. The van der Waals surface area contributed by atoms with E-state index in [4.69, 9.17) is 0 Å². The number of hydrogen-bond donors (Lipinski definition) is 1. The first-order valence-electron chi connectivity index (χ1n) is 6.92. The second-order valence-corrected chi connectivity index (χ2v) is 5.34. The summed E-state index contributed by atoms with van der Waals surface area (Å²) in [6.07, 6.45) is 3.22. The topological polar surface area (TPSA) is 28.2 Å². The highest BCUT2D eigenvalue weighted by Gasteiger charge is 2.09. The first kappa shape index (κ1) is 15.0. The van der Waals surface area contributed by atoms with Crippen LogP contribution in [0.25, 0.3) is 0 Å². The summed E-state index contributed by atoms with van der Waals surface area (Å²) in [7, 11) is 2.17. The zero-order valence-electron chi connectivity index (χ0n) is 12.5. The Morgan fingerprint density at radius 1 is 1.39 bits per heavy atom. The van der Waals surface area contributed by atoms with Gasteiger partial charge in [0.25, 0.3) is 0 Å². The molecular formula is C15H27N3. The third kappa shape index (κ3) is 4.65. The molecule has 0 saturated carbocycles. The van der Waals surface area contributed by atoms with Crippen LogP contribution in [-0.4, -0.2) is 25.1 Å². The van der Waals surface area contributed by atoms with Crippen molar-refractivity contribution >= 4 is 5.69 Å². The monoisotopic (exact) mass is 249 g/mol. The van der Waals surface area contributed by atoms with E-state index in [0.29, 0.717) is 0 Å². The minimum Gasteiger partial charge on any atom is -0.374 e. The fourth-order valence-electron chi connectivity index (χ4n) is 1.90. The van der Waals surface area contributed by atoms with Crippen molar-refractivity contribution in [1.82, 2.24) is 10.3 Å². The second kappa shape index (κ2) is 7.37. The number of pyridine rings is 1. The van der Waals surface area contributed by atoms with Crippen molar-refractivity contribution in [3.8, 4) is 0 Å². The van der Waals surface area contributed by atoms with Crippen molar-refractivity contribution in [1.29, 1.82) is 0 Å². The van der Waals surface area contributed by atoms with Crippen LogP contribution in [-0.2, 0) is 6.54 Å². The summed E-state index contributed by atoms with van der Waals surface area (Å²) in [5.74, 6) is 0.743. The average Bonchev–Trinajstić information content (AvgIpc) is 2.34. The molecule has 1 aromatic heterocycles. The van der Waals surface area contributed by atoms with Crippen LogP contribution in [0.15, 0.2) is 12.3 Å². The Morgan fingerprint density at radius 2 is 2.11 bits per heavy atom. The Bertz CT molecular complexity index is 361. The molecule has 0 aromatic carbocycles. The van der Waals surface area contributed by atoms with E-state index in [1.807, 2.05) is 6.20 Å². The lowest BCUT2D eigenvalue weighted by Crippen LogP contribution is -2.23. The molecule has 0 spiro atoms. The first-order valence-corrected chi connectivity index (χ1v) is 6.92. The molecule has 0 aliphatic heterocycles. The van der Waals surface area contributed by atoms with Gasteiger partial charge in [0.05, 0.1) is 0 Å². The Hall–Kier alpha value is -1.09. The minimum absolute atomic E-state index is 0.743. The van der Waals surface area contributed by atoms with E-state index < -0.39 is 0 Å². The first-order chi connectivity index (χ1) is 8.54. The number of rotatable bonds is 7. The van der Waals surface area contributed by atoms with Crippen molar-refractivity contribution in [3.63, 3.8) is 0 Å². The van der Waals surface area contributed by atoms with E-state index in [-0.39, 0.29) is 0 Å². The molecule has 102 valence electrons. The van der Waals surface area contributed by atoms with E-state index in [1.165, 1.54) is 17.7 Å². The fourth-order valence-corrected chi connectivity index (χ4v) is 1.90. The van der Waals surface area contributed by atoms with Crippen LogP contribution < -0.4 is 10.2 Å². The molecule has 0 radical (unpaired) electrons. The largest absolute Gasteiger partial charge is 0.374 e. The van der Waals surface area contributed by atoms with Crippen LogP contribution in [0.5, 0.6) is 0 Å². The third-order valence-corrected chi connectivity index (χ3v) is 3.12. The van der Waals surface area contributed by atoms with Gasteiger partial charge < -0.3 is 10.2 Å². The normalized spacial score (nSPS) is 11.0. The molecular weight excluding hydrogens is 222 g/mol. The summed E-state index contributed by atoms with van der Waals surface area (Å²) in [5.41, 5.74) is 3.68. The molecule has 1 aromatic rings. The van der Waals surface area contributed by atoms with Crippen molar-refractivity contribution in [2.75, 3.05) is 25.0 Å². The third-order valence-electron chi connectivity index (χ3n) is 3.12. The van der Waals surface area contributed by atoms with Crippen LogP contribution in [0.4, 0.5) is 5.69 Å². The maximum Gasteiger partial charge on any atom is 0.0442 e. The Labute approximate surface area is 112 Å². The number of nitrogens with one attached hydrogen (secondary N) is 1. The van der Waals surface area contributed by atoms with Crippen molar-refractivity contribution in [3.05, 3.63) is 23.5 Å². The van der Waals surface area contributed by atoms with E-state index in [2.05, 4.69) is 56.0 Å². The highest BCUT2D eigenvalue weighted by atomic mass is 15.1. The standard InChI is InChI=1S/C15H27N3/c1-6-16-10-14-11-17-13(4)9-15(14)18(5)8-7-12(2)3/h9,11-12,16H,6-8,10H2,1-5H3. The lowest BCUT2D eigenvalue weighted by Gasteiger charge is -2.23. The molecule has 1 rings (SSSR count). The number of hydrogen-bond acceptors (Lipinski definition) is 3. The van der Waals surface area contributed by atoms with Crippen LogP contribution in [0.1, 0.15) is 38.4 Å². The molecule has 0 aliphatic rings. The number of nitrogens with zero attached hydrogens (tertiary/aromatic N) is 2. The summed E-state index contributed by atoms with van der Waals surface area (Å²) < 4.78 is 0.